The predicted molar refractivity (Wildman–Crippen MR) is 57.6 cm³/mol. The van der Waals surface area contributed by atoms with E-state index in [1.54, 1.807) is 6.07 Å². The number of hydrogen-bond acceptors (Lipinski definition) is 2. The Kier molecular flexibility index (Phi) is 3.96. The Bertz CT molecular complexity index is 352. The molecule has 0 atom stereocenters. The minimum atomic E-state index is -0.634. The number of thioether (sulfide) groups is 1. The van der Waals surface area contributed by atoms with E-state index in [1.807, 2.05) is 13.8 Å². The Morgan fingerprint density at radius 2 is 2.14 bits per heavy atom. The van der Waals surface area contributed by atoms with E-state index < -0.39 is 11.1 Å². The SMILES string of the molecule is CC(C)Sc1ccc(C(=O)Cl)cc1F. The van der Waals surface area contributed by atoms with Crippen LogP contribution in [0.2, 0.25) is 0 Å². The highest BCUT2D eigenvalue weighted by atomic mass is 35.5. The van der Waals surface area contributed by atoms with Gasteiger partial charge in [-0.25, -0.2) is 4.39 Å². The second-order valence-electron chi connectivity index (χ2n) is 3.09. The molecule has 0 heterocycles. The molecule has 76 valence electrons. The first-order valence-electron chi connectivity index (χ1n) is 4.16. The first-order chi connectivity index (χ1) is 6.50. The molecule has 0 unspecified atom stereocenters. The molecule has 0 fully saturated rings. The lowest BCUT2D eigenvalue weighted by molar-refractivity contribution is 0.108. The highest BCUT2D eigenvalue weighted by Gasteiger charge is 2.09. The van der Waals surface area contributed by atoms with E-state index in [0.29, 0.717) is 10.1 Å². The molecule has 0 aromatic heterocycles. The fourth-order valence-corrected chi connectivity index (χ4v) is 1.92. The van der Waals surface area contributed by atoms with Gasteiger partial charge in [0, 0.05) is 15.7 Å². The Balaban J connectivity index is 2.95. The molecule has 0 saturated carbocycles. The van der Waals surface area contributed by atoms with E-state index in [-0.39, 0.29) is 5.56 Å². The number of rotatable bonds is 3. The van der Waals surface area contributed by atoms with Crippen LogP contribution < -0.4 is 0 Å². The van der Waals surface area contributed by atoms with Gasteiger partial charge in [0.1, 0.15) is 5.82 Å². The molecule has 0 N–H and O–H groups in total. The zero-order valence-corrected chi connectivity index (χ0v) is 9.45. The van der Waals surface area contributed by atoms with Crippen molar-refractivity contribution in [1.29, 1.82) is 0 Å². The third kappa shape index (κ3) is 3.00. The highest BCUT2D eigenvalue weighted by molar-refractivity contribution is 7.99. The van der Waals surface area contributed by atoms with Gasteiger partial charge in [-0.3, -0.25) is 4.79 Å². The molecule has 0 aliphatic carbocycles. The van der Waals surface area contributed by atoms with Gasteiger partial charge in [-0.1, -0.05) is 13.8 Å². The Morgan fingerprint density at radius 3 is 2.57 bits per heavy atom. The summed E-state index contributed by atoms with van der Waals surface area (Å²) in [6.45, 7) is 3.95. The molecule has 1 aromatic carbocycles. The number of benzene rings is 1. The zero-order valence-electron chi connectivity index (χ0n) is 7.88. The molecule has 0 spiro atoms. The number of halogens is 2. The van der Waals surface area contributed by atoms with Crippen LogP contribution in [0.5, 0.6) is 0 Å². The van der Waals surface area contributed by atoms with Crippen molar-refractivity contribution in [3.8, 4) is 0 Å². The number of hydrogen-bond donors (Lipinski definition) is 0. The minimum Gasteiger partial charge on any atom is -0.276 e. The molecular formula is C10H10ClFOS. The van der Waals surface area contributed by atoms with Crippen LogP contribution in [0.1, 0.15) is 24.2 Å². The summed E-state index contributed by atoms with van der Waals surface area (Å²) in [4.78, 5) is 11.3. The van der Waals surface area contributed by atoms with Crippen molar-refractivity contribution in [2.24, 2.45) is 0 Å². The zero-order chi connectivity index (χ0) is 10.7. The van der Waals surface area contributed by atoms with Gasteiger partial charge < -0.3 is 0 Å². The van der Waals surface area contributed by atoms with Crippen molar-refractivity contribution < 1.29 is 9.18 Å². The second-order valence-corrected chi connectivity index (χ2v) is 5.05. The number of carbonyl (C=O) groups excluding carboxylic acids is 1. The van der Waals surface area contributed by atoms with Crippen molar-refractivity contribution in [2.45, 2.75) is 24.0 Å². The van der Waals surface area contributed by atoms with Crippen LogP contribution in [0.4, 0.5) is 4.39 Å². The molecule has 1 nitrogen and oxygen atoms in total. The van der Waals surface area contributed by atoms with Crippen molar-refractivity contribution in [3.05, 3.63) is 29.6 Å². The molecule has 1 aromatic rings. The first kappa shape index (κ1) is 11.5. The largest absolute Gasteiger partial charge is 0.276 e. The topological polar surface area (TPSA) is 17.1 Å². The molecule has 14 heavy (non-hydrogen) atoms. The predicted octanol–water partition coefficient (Wildman–Crippen LogP) is 3.71. The molecule has 1 rings (SSSR count). The van der Waals surface area contributed by atoms with Gasteiger partial charge >= 0.3 is 0 Å². The van der Waals surface area contributed by atoms with Crippen molar-refractivity contribution in [1.82, 2.24) is 0 Å². The van der Waals surface area contributed by atoms with Crippen LogP contribution in [0, 0.1) is 5.82 Å². The van der Waals surface area contributed by atoms with E-state index >= 15 is 0 Å². The number of carbonyl (C=O) groups is 1. The summed E-state index contributed by atoms with van der Waals surface area (Å²) in [6.07, 6.45) is 0. The van der Waals surface area contributed by atoms with Gasteiger partial charge in [-0.2, -0.15) is 0 Å². The monoisotopic (exact) mass is 232 g/mol. The lowest BCUT2D eigenvalue weighted by Crippen LogP contribution is -1.93. The lowest BCUT2D eigenvalue weighted by Gasteiger charge is -2.06. The van der Waals surface area contributed by atoms with Crippen LogP contribution >= 0.6 is 23.4 Å². The average Bonchev–Trinajstić information content (AvgIpc) is 2.07. The van der Waals surface area contributed by atoms with Crippen molar-refractivity contribution >= 4 is 28.6 Å². The van der Waals surface area contributed by atoms with Crippen LogP contribution in [0.25, 0.3) is 0 Å². The van der Waals surface area contributed by atoms with Gasteiger partial charge in [0.2, 0.25) is 0 Å². The van der Waals surface area contributed by atoms with Gasteiger partial charge in [-0.05, 0) is 29.8 Å². The Labute approximate surface area is 91.6 Å². The van der Waals surface area contributed by atoms with E-state index in [4.69, 9.17) is 11.6 Å². The molecule has 0 radical (unpaired) electrons. The fourth-order valence-electron chi connectivity index (χ4n) is 0.973. The normalized spacial score (nSPS) is 10.6. The molecule has 0 bridgehead atoms. The summed E-state index contributed by atoms with van der Waals surface area (Å²) in [6, 6.07) is 4.28. The molecule has 0 saturated heterocycles. The molecule has 0 amide bonds. The fraction of sp³-hybridized carbons (Fsp3) is 0.300. The van der Waals surface area contributed by atoms with Gasteiger partial charge in [0.25, 0.3) is 5.24 Å². The maximum absolute atomic E-state index is 13.3. The van der Waals surface area contributed by atoms with E-state index in [2.05, 4.69) is 0 Å². The van der Waals surface area contributed by atoms with Gasteiger partial charge in [0.15, 0.2) is 0 Å². The summed E-state index contributed by atoms with van der Waals surface area (Å²) in [7, 11) is 0. The van der Waals surface area contributed by atoms with Crippen LogP contribution in [0.15, 0.2) is 23.1 Å². The second kappa shape index (κ2) is 4.80. The smallest absolute Gasteiger partial charge is 0.252 e. The Morgan fingerprint density at radius 1 is 1.50 bits per heavy atom. The summed E-state index contributed by atoms with van der Waals surface area (Å²) in [5.41, 5.74) is 0.192. The summed E-state index contributed by atoms with van der Waals surface area (Å²) >= 11 is 6.64. The maximum atomic E-state index is 13.3. The van der Waals surface area contributed by atoms with E-state index in [9.17, 15) is 9.18 Å². The van der Waals surface area contributed by atoms with Crippen molar-refractivity contribution in [3.63, 3.8) is 0 Å². The Hall–Kier alpha value is -0.540. The minimum absolute atomic E-state index is 0.192. The third-order valence-corrected chi connectivity index (χ3v) is 2.80. The average molecular weight is 233 g/mol. The molecule has 4 heteroatoms. The summed E-state index contributed by atoms with van der Waals surface area (Å²) in [5.74, 6) is -0.393. The van der Waals surface area contributed by atoms with Crippen molar-refractivity contribution in [2.75, 3.05) is 0 Å². The third-order valence-electron chi connectivity index (χ3n) is 1.52. The quantitative estimate of drug-likeness (QED) is 0.584. The van der Waals surface area contributed by atoms with Crippen LogP contribution in [-0.2, 0) is 0 Å². The van der Waals surface area contributed by atoms with Gasteiger partial charge in [-0.15, -0.1) is 11.8 Å². The van der Waals surface area contributed by atoms with Gasteiger partial charge in [0.05, 0.1) is 0 Å². The van der Waals surface area contributed by atoms with Crippen LogP contribution in [-0.4, -0.2) is 10.5 Å². The molecule has 0 aliphatic heterocycles. The molecule has 0 aliphatic rings. The highest BCUT2D eigenvalue weighted by Crippen LogP contribution is 2.26. The standard InChI is InChI=1S/C10H10ClFOS/c1-6(2)14-9-4-3-7(10(11)13)5-8(9)12/h3-6H,1-2H3. The van der Waals surface area contributed by atoms with E-state index in [1.165, 1.54) is 23.9 Å². The maximum Gasteiger partial charge on any atom is 0.252 e. The summed E-state index contributed by atoms with van der Waals surface area (Å²) in [5, 5.41) is -0.327. The van der Waals surface area contributed by atoms with Crippen LogP contribution in [0.3, 0.4) is 0 Å². The molecular weight excluding hydrogens is 223 g/mol. The lowest BCUT2D eigenvalue weighted by atomic mass is 10.2. The van der Waals surface area contributed by atoms with E-state index in [0.717, 1.165) is 0 Å². The first-order valence-corrected chi connectivity index (χ1v) is 5.42. The summed E-state index contributed by atoms with van der Waals surface area (Å²) < 4.78 is 13.3.